The highest BCUT2D eigenvalue weighted by Gasteiger charge is 2.25. The van der Waals surface area contributed by atoms with Crippen molar-refractivity contribution in [2.45, 2.75) is 47.1 Å². The second kappa shape index (κ2) is 15.0. The van der Waals surface area contributed by atoms with Crippen LogP contribution in [0.2, 0.25) is 0 Å². The molecule has 0 saturated carbocycles. The zero-order valence-electron chi connectivity index (χ0n) is 25.3. The number of aliphatic imine (C=N–C) groups is 1. The second-order valence-corrected chi connectivity index (χ2v) is 10.6. The topological polar surface area (TPSA) is 96.0 Å². The molecule has 41 heavy (non-hydrogen) atoms. The standard InChI is InChI=1S/C32H41N5O.CH3NO/c1-7-12-30(37-25(4)19-27-23(2)13-11-16-29(27)37)34-32(33-20-26-14-9-8-10-15-26)28-21-36(18-17-24(28)3)31(38)22-35(5)6;2-1-3/h8-16,19H,7,17-18,20-22H2,1-6H3,(H,33,34);1H,(H2,2,3)/b30-12-;. The minimum absolute atomic E-state index is 0.148. The first-order chi connectivity index (χ1) is 19.7. The summed E-state index contributed by atoms with van der Waals surface area (Å²) in [6.45, 7) is 10.9. The molecular weight excluding hydrogens is 512 g/mol. The van der Waals surface area contributed by atoms with Crippen molar-refractivity contribution < 1.29 is 9.59 Å². The van der Waals surface area contributed by atoms with Crippen LogP contribution in [0.4, 0.5) is 0 Å². The molecule has 1 aliphatic heterocycles. The molecule has 218 valence electrons. The number of nitrogens with two attached hydrogens (primary N) is 1. The van der Waals surface area contributed by atoms with Crippen LogP contribution in [0.3, 0.4) is 0 Å². The fourth-order valence-electron chi connectivity index (χ4n) is 5.03. The van der Waals surface area contributed by atoms with Crippen molar-refractivity contribution in [3.05, 3.63) is 88.6 Å². The van der Waals surface area contributed by atoms with Crippen LogP contribution < -0.4 is 11.1 Å². The molecule has 2 aromatic carbocycles. The number of hydrogen-bond acceptors (Lipinski definition) is 4. The molecule has 0 unspecified atom stereocenters. The fraction of sp³-hybridized carbons (Fsp3) is 0.364. The molecule has 0 radical (unpaired) electrons. The van der Waals surface area contributed by atoms with Gasteiger partial charge in [0.05, 0.1) is 18.6 Å². The number of aryl methyl sites for hydroxylation is 2. The maximum Gasteiger partial charge on any atom is 0.237 e. The summed E-state index contributed by atoms with van der Waals surface area (Å²) in [7, 11) is 3.87. The number of rotatable bonds is 8. The zero-order valence-corrected chi connectivity index (χ0v) is 25.3. The number of nitrogens with zero attached hydrogens (tertiary/aromatic N) is 4. The first-order valence-corrected chi connectivity index (χ1v) is 14.1. The number of fused-ring (bicyclic) bond motifs is 1. The van der Waals surface area contributed by atoms with Gasteiger partial charge in [-0.15, -0.1) is 0 Å². The Balaban J connectivity index is 0.00000147. The normalized spacial score (nSPS) is 14.3. The van der Waals surface area contributed by atoms with Crippen molar-refractivity contribution >= 4 is 34.9 Å². The van der Waals surface area contributed by atoms with E-state index in [0.717, 1.165) is 42.2 Å². The van der Waals surface area contributed by atoms with Crippen LogP contribution in [0.15, 0.2) is 76.8 Å². The summed E-state index contributed by atoms with van der Waals surface area (Å²) in [6.07, 6.45) is 4.20. The van der Waals surface area contributed by atoms with Gasteiger partial charge >= 0.3 is 0 Å². The van der Waals surface area contributed by atoms with Crippen molar-refractivity contribution in [1.82, 2.24) is 19.7 Å². The summed E-state index contributed by atoms with van der Waals surface area (Å²) in [5.74, 6) is 1.98. The average Bonchev–Trinajstić information content (AvgIpc) is 3.28. The van der Waals surface area contributed by atoms with Gasteiger partial charge in [0.15, 0.2) is 0 Å². The lowest BCUT2D eigenvalue weighted by Gasteiger charge is -2.32. The summed E-state index contributed by atoms with van der Waals surface area (Å²) in [5.41, 5.74) is 11.3. The van der Waals surface area contributed by atoms with E-state index in [1.807, 2.05) is 42.1 Å². The quantitative estimate of drug-likeness (QED) is 0.235. The molecule has 0 bridgehead atoms. The number of carbonyl (C=O) groups excluding carboxylic acids is 2. The summed E-state index contributed by atoms with van der Waals surface area (Å²) < 4.78 is 2.29. The smallest absolute Gasteiger partial charge is 0.237 e. The predicted molar refractivity (Wildman–Crippen MR) is 169 cm³/mol. The molecule has 8 heteroatoms. The third-order valence-electron chi connectivity index (χ3n) is 7.11. The largest absolute Gasteiger partial charge is 0.372 e. The molecule has 3 N–H and O–H groups in total. The molecule has 2 heterocycles. The number of amides is 2. The lowest BCUT2D eigenvalue weighted by molar-refractivity contribution is -0.131. The van der Waals surface area contributed by atoms with Gasteiger partial charge in [0.1, 0.15) is 11.7 Å². The zero-order chi connectivity index (χ0) is 29.9. The molecule has 0 saturated heterocycles. The van der Waals surface area contributed by atoms with Gasteiger partial charge in [-0.25, -0.2) is 0 Å². The average molecular weight is 557 g/mol. The highest BCUT2D eigenvalue weighted by molar-refractivity contribution is 6.04. The van der Waals surface area contributed by atoms with Crippen molar-refractivity contribution in [3.63, 3.8) is 0 Å². The Hall–Kier alpha value is -4.17. The minimum Gasteiger partial charge on any atom is -0.372 e. The molecule has 0 fully saturated rings. The summed E-state index contributed by atoms with van der Waals surface area (Å²) in [5, 5.41) is 5.00. The molecular formula is C33H44N6O2. The number of allylic oxidation sites excluding steroid dienone is 1. The molecule has 1 aliphatic rings. The number of aromatic nitrogens is 1. The maximum absolute atomic E-state index is 13.0. The van der Waals surface area contributed by atoms with E-state index in [2.05, 4.69) is 85.8 Å². The van der Waals surface area contributed by atoms with Gasteiger partial charge in [-0.1, -0.05) is 55.0 Å². The predicted octanol–water partition coefficient (Wildman–Crippen LogP) is 4.87. The molecule has 0 spiro atoms. The Morgan fingerprint density at radius 1 is 1.10 bits per heavy atom. The van der Waals surface area contributed by atoms with Gasteiger partial charge in [-0.3, -0.25) is 14.6 Å². The third kappa shape index (κ3) is 8.17. The van der Waals surface area contributed by atoms with Gasteiger partial charge < -0.3 is 25.4 Å². The van der Waals surface area contributed by atoms with E-state index < -0.39 is 0 Å². The number of hydrogen-bond donors (Lipinski definition) is 2. The fourth-order valence-corrected chi connectivity index (χ4v) is 5.03. The molecule has 3 aromatic rings. The van der Waals surface area contributed by atoms with Gasteiger partial charge in [0.2, 0.25) is 12.3 Å². The number of benzene rings is 2. The minimum atomic E-state index is 0.148. The van der Waals surface area contributed by atoms with E-state index in [1.54, 1.807) is 0 Å². The molecule has 0 aliphatic carbocycles. The summed E-state index contributed by atoms with van der Waals surface area (Å²) >= 11 is 0. The first-order valence-electron chi connectivity index (χ1n) is 14.1. The van der Waals surface area contributed by atoms with Gasteiger partial charge in [0.25, 0.3) is 0 Å². The van der Waals surface area contributed by atoms with E-state index in [0.29, 0.717) is 19.6 Å². The Bertz CT molecular complexity index is 1430. The van der Waals surface area contributed by atoms with Crippen LogP contribution in [0.5, 0.6) is 0 Å². The molecule has 1 aromatic heterocycles. The molecule has 4 rings (SSSR count). The van der Waals surface area contributed by atoms with Gasteiger partial charge in [0, 0.05) is 29.7 Å². The number of primary amides is 1. The Morgan fingerprint density at radius 2 is 1.80 bits per heavy atom. The van der Waals surface area contributed by atoms with E-state index in [9.17, 15) is 4.79 Å². The lowest BCUT2D eigenvalue weighted by atomic mass is 10.00. The van der Waals surface area contributed by atoms with E-state index in [4.69, 9.17) is 9.79 Å². The number of carbonyl (C=O) groups is 2. The van der Waals surface area contributed by atoms with Crippen LogP contribution in [0.25, 0.3) is 16.7 Å². The second-order valence-electron chi connectivity index (χ2n) is 10.6. The van der Waals surface area contributed by atoms with Crippen LogP contribution >= 0.6 is 0 Å². The third-order valence-corrected chi connectivity index (χ3v) is 7.11. The molecule has 2 amide bonds. The maximum atomic E-state index is 13.0. The summed E-state index contributed by atoms with van der Waals surface area (Å²) in [4.78, 5) is 30.6. The molecule has 8 nitrogen and oxygen atoms in total. The van der Waals surface area contributed by atoms with Gasteiger partial charge in [-0.05, 0) is 77.0 Å². The van der Waals surface area contributed by atoms with Crippen molar-refractivity contribution in [3.8, 4) is 0 Å². The summed E-state index contributed by atoms with van der Waals surface area (Å²) in [6, 6.07) is 19.0. The Labute approximate surface area is 244 Å². The number of nitrogens with one attached hydrogen (secondary N) is 1. The number of likely N-dealkylation sites (N-methyl/N-ethyl adjacent to an activating group) is 1. The number of amidine groups is 1. The Kier molecular flexibility index (Phi) is 11.5. The Morgan fingerprint density at radius 3 is 2.46 bits per heavy atom. The van der Waals surface area contributed by atoms with Crippen LogP contribution in [0.1, 0.15) is 43.5 Å². The van der Waals surface area contributed by atoms with Crippen LogP contribution in [0, 0.1) is 13.8 Å². The van der Waals surface area contributed by atoms with E-state index >= 15 is 0 Å². The monoisotopic (exact) mass is 556 g/mol. The van der Waals surface area contributed by atoms with Crippen molar-refractivity contribution in [2.75, 3.05) is 33.7 Å². The SMILES string of the molecule is CC/C=C(/NC(=NCc1ccccc1)C1=C(C)CCN(C(=O)CN(C)C)C1)n1c(C)cc2c(C)cccc21.NC=O. The van der Waals surface area contributed by atoms with E-state index in [1.165, 1.54) is 27.7 Å². The molecule has 0 atom stereocenters. The van der Waals surface area contributed by atoms with Gasteiger partial charge in [-0.2, -0.15) is 0 Å². The highest BCUT2D eigenvalue weighted by atomic mass is 16.2. The first kappa shape index (κ1) is 31.4. The van der Waals surface area contributed by atoms with Crippen molar-refractivity contribution in [2.24, 2.45) is 10.7 Å². The van der Waals surface area contributed by atoms with E-state index in [-0.39, 0.29) is 12.3 Å². The van der Waals surface area contributed by atoms with Crippen LogP contribution in [-0.2, 0) is 16.1 Å². The highest BCUT2D eigenvalue weighted by Crippen LogP contribution is 2.27. The van der Waals surface area contributed by atoms with Crippen molar-refractivity contribution in [1.29, 1.82) is 0 Å². The van der Waals surface area contributed by atoms with Crippen LogP contribution in [-0.4, -0.2) is 66.2 Å². The lowest BCUT2D eigenvalue weighted by Crippen LogP contribution is -2.44.